The predicted molar refractivity (Wildman–Crippen MR) is 82.4 cm³/mol. The van der Waals surface area contributed by atoms with Crippen LogP contribution in [0.15, 0.2) is 0 Å². The van der Waals surface area contributed by atoms with Crippen molar-refractivity contribution in [2.24, 2.45) is 11.8 Å². The fourth-order valence-corrected chi connectivity index (χ4v) is 3.58. The van der Waals surface area contributed by atoms with E-state index in [1.54, 1.807) is 11.3 Å². The number of ether oxygens (including phenoxy) is 1. The molecule has 3 unspecified atom stereocenters. The number of anilines is 1. The van der Waals surface area contributed by atoms with Crippen LogP contribution in [-0.2, 0) is 4.74 Å². The van der Waals surface area contributed by atoms with Crippen LogP contribution in [0.5, 0.6) is 0 Å². The monoisotopic (exact) mass is 296 g/mol. The molecular formula is C15H24N2O2S. The molecule has 1 N–H and O–H groups in total. The molecule has 0 saturated heterocycles. The largest absolute Gasteiger partial charge is 0.461 e. The summed E-state index contributed by atoms with van der Waals surface area (Å²) < 4.78 is 5.02. The van der Waals surface area contributed by atoms with E-state index < -0.39 is 0 Å². The van der Waals surface area contributed by atoms with Crippen LogP contribution in [0.3, 0.4) is 0 Å². The zero-order chi connectivity index (χ0) is 14.7. The third-order valence-corrected chi connectivity index (χ3v) is 5.09. The minimum Gasteiger partial charge on any atom is -0.461 e. The molecular weight excluding hydrogens is 272 g/mol. The van der Waals surface area contributed by atoms with Crippen LogP contribution in [0.4, 0.5) is 5.13 Å². The maximum atomic E-state index is 11.8. The van der Waals surface area contributed by atoms with E-state index in [2.05, 4.69) is 24.1 Å². The van der Waals surface area contributed by atoms with Crippen molar-refractivity contribution in [3.63, 3.8) is 0 Å². The van der Waals surface area contributed by atoms with Crippen LogP contribution in [0.1, 0.15) is 55.4 Å². The quantitative estimate of drug-likeness (QED) is 0.857. The molecule has 1 fully saturated rings. The summed E-state index contributed by atoms with van der Waals surface area (Å²) in [6.07, 6.45) is 3.61. The van der Waals surface area contributed by atoms with E-state index in [1.807, 2.05) is 13.8 Å². The number of thiazole rings is 1. The molecule has 112 valence electrons. The average Bonchev–Trinajstić information content (AvgIpc) is 2.75. The van der Waals surface area contributed by atoms with Gasteiger partial charge in [-0.2, -0.15) is 0 Å². The number of aromatic nitrogens is 1. The third-order valence-electron chi connectivity index (χ3n) is 4.19. The first-order valence-electron chi connectivity index (χ1n) is 7.42. The number of aryl methyl sites for hydroxylation is 1. The Morgan fingerprint density at radius 1 is 1.40 bits per heavy atom. The lowest BCUT2D eigenvalue weighted by atomic mass is 9.79. The summed E-state index contributed by atoms with van der Waals surface area (Å²) in [5, 5.41) is 4.33. The second-order valence-corrected chi connectivity index (χ2v) is 6.96. The lowest BCUT2D eigenvalue weighted by Gasteiger charge is -2.32. The topological polar surface area (TPSA) is 51.2 Å². The summed E-state index contributed by atoms with van der Waals surface area (Å²) in [4.78, 5) is 17.1. The Kier molecular flexibility index (Phi) is 5.02. The Bertz CT molecular complexity index is 472. The average molecular weight is 296 g/mol. The number of nitrogens with one attached hydrogen (secondary N) is 1. The molecule has 1 aromatic rings. The summed E-state index contributed by atoms with van der Waals surface area (Å²) in [6, 6.07) is 0.474. The standard InChI is InChI=1S/C15H24N2O2S/c1-5-19-14(18)13-11(4)20-15(17-13)16-12-7-6-9(2)10(3)8-12/h9-10,12H,5-8H2,1-4H3,(H,16,17). The fourth-order valence-electron chi connectivity index (χ4n) is 2.70. The van der Waals surface area contributed by atoms with E-state index in [0.717, 1.165) is 21.8 Å². The number of carbonyl (C=O) groups excluding carboxylic acids is 1. The van der Waals surface area contributed by atoms with Crippen molar-refractivity contribution in [2.75, 3.05) is 11.9 Å². The van der Waals surface area contributed by atoms with Gasteiger partial charge in [0.05, 0.1) is 6.61 Å². The summed E-state index contributed by atoms with van der Waals surface area (Å²) in [7, 11) is 0. The first kappa shape index (κ1) is 15.3. The number of hydrogen-bond acceptors (Lipinski definition) is 5. The lowest BCUT2D eigenvalue weighted by molar-refractivity contribution is 0.0519. The van der Waals surface area contributed by atoms with Gasteiger partial charge in [-0.05, 0) is 44.9 Å². The van der Waals surface area contributed by atoms with Gasteiger partial charge in [-0.1, -0.05) is 13.8 Å². The number of rotatable bonds is 4. The molecule has 1 aromatic heterocycles. The molecule has 1 saturated carbocycles. The van der Waals surface area contributed by atoms with Crippen molar-refractivity contribution < 1.29 is 9.53 Å². The number of esters is 1. The molecule has 4 nitrogen and oxygen atoms in total. The SMILES string of the molecule is CCOC(=O)c1nc(NC2CCC(C)C(C)C2)sc1C. The van der Waals surface area contributed by atoms with E-state index in [1.165, 1.54) is 19.3 Å². The summed E-state index contributed by atoms with van der Waals surface area (Å²) in [6.45, 7) is 8.75. The Morgan fingerprint density at radius 3 is 2.80 bits per heavy atom. The van der Waals surface area contributed by atoms with E-state index in [9.17, 15) is 4.79 Å². The first-order chi connectivity index (χ1) is 9.51. The molecule has 0 spiro atoms. The van der Waals surface area contributed by atoms with Gasteiger partial charge in [0.25, 0.3) is 0 Å². The van der Waals surface area contributed by atoms with Gasteiger partial charge < -0.3 is 10.1 Å². The highest BCUT2D eigenvalue weighted by atomic mass is 32.1. The molecule has 5 heteroatoms. The molecule has 0 amide bonds. The number of carbonyl (C=O) groups is 1. The highest BCUT2D eigenvalue weighted by molar-refractivity contribution is 7.15. The van der Waals surface area contributed by atoms with Crippen molar-refractivity contribution in [3.05, 3.63) is 10.6 Å². The maximum Gasteiger partial charge on any atom is 0.358 e. The third kappa shape index (κ3) is 3.51. The fraction of sp³-hybridized carbons (Fsp3) is 0.733. The molecule has 2 rings (SSSR count). The van der Waals surface area contributed by atoms with Crippen molar-refractivity contribution >= 4 is 22.4 Å². The van der Waals surface area contributed by atoms with Crippen molar-refractivity contribution in [3.8, 4) is 0 Å². The van der Waals surface area contributed by atoms with Gasteiger partial charge in [-0.25, -0.2) is 9.78 Å². The Morgan fingerprint density at radius 2 is 2.15 bits per heavy atom. The van der Waals surface area contributed by atoms with Crippen LogP contribution in [0.2, 0.25) is 0 Å². The highest BCUT2D eigenvalue weighted by Crippen LogP contribution is 2.32. The van der Waals surface area contributed by atoms with Crippen LogP contribution in [0.25, 0.3) is 0 Å². The van der Waals surface area contributed by atoms with Crippen LogP contribution in [0, 0.1) is 18.8 Å². The van der Waals surface area contributed by atoms with Crippen LogP contribution in [-0.4, -0.2) is 23.6 Å². The second kappa shape index (κ2) is 6.57. The molecule has 3 atom stereocenters. The van der Waals surface area contributed by atoms with Gasteiger partial charge in [-0.3, -0.25) is 0 Å². The van der Waals surface area contributed by atoms with E-state index in [0.29, 0.717) is 18.3 Å². The molecule has 0 aromatic carbocycles. The predicted octanol–water partition coefficient (Wildman–Crippen LogP) is 3.86. The Hall–Kier alpha value is -1.10. The Balaban J connectivity index is 2.00. The second-order valence-electron chi connectivity index (χ2n) is 5.75. The molecule has 0 aliphatic heterocycles. The van der Waals surface area contributed by atoms with Crippen molar-refractivity contribution in [2.45, 2.75) is 53.0 Å². The zero-order valence-electron chi connectivity index (χ0n) is 12.7. The molecule has 1 aliphatic rings. The van der Waals surface area contributed by atoms with E-state index in [4.69, 9.17) is 4.74 Å². The van der Waals surface area contributed by atoms with Gasteiger partial charge in [0.1, 0.15) is 0 Å². The summed E-state index contributed by atoms with van der Waals surface area (Å²) in [5.41, 5.74) is 0.455. The van der Waals surface area contributed by atoms with Gasteiger partial charge in [0, 0.05) is 10.9 Å². The first-order valence-corrected chi connectivity index (χ1v) is 8.24. The smallest absolute Gasteiger partial charge is 0.358 e. The lowest BCUT2D eigenvalue weighted by Crippen LogP contribution is -2.30. The zero-order valence-corrected chi connectivity index (χ0v) is 13.5. The molecule has 0 radical (unpaired) electrons. The molecule has 20 heavy (non-hydrogen) atoms. The summed E-state index contributed by atoms with van der Waals surface area (Å²) >= 11 is 1.54. The van der Waals surface area contributed by atoms with Crippen molar-refractivity contribution in [1.82, 2.24) is 4.98 Å². The number of hydrogen-bond donors (Lipinski definition) is 1. The minimum atomic E-state index is -0.320. The normalized spacial score (nSPS) is 26.3. The van der Waals surface area contributed by atoms with E-state index in [-0.39, 0.29) is 5.97 Å². The summed E-state index contributed by atoms with van der Waals surface area (Å²) in [5.74, 6) is 1.23. The van der Waals surface area contributed by atoms with Gasteiger partial charge >= 0.3 is 5.97 Å². The highest BCUT2D eigenvalue weighted by Gasteiger charge is 2.25. The van der Waals surface area contributed by atoms with Gasteiger partial charge in [-0.15, -0.1) is 11.3 Å². The number of nitrogens with zero attached hydrogens (tertiary/aromatic N) is 1. The Labute approximate surface area is 124 Å². The molecule has 1 aliphatic carbocycles. The minimum absolute atomic E-state index is 0.320. The molecule has 1 heterocycles. The maximum absolute atomic E-state index is 11.8. The van der Waals surface area contributed by atoms with Gasteiger partial charge in [0.2, 0.25) is 0 Å². The molecule has 0 bridgehead atoms. The van der Waals surface area contributed by atoms with Crippen molar-refractivity contribution in [1.29, 1.82) is 0 Å². The van der Waals surface area contributed by atoms with E-state index >= 15 is 0 Å². The van der Waals surface area contributed by atoms with Crippen LogP contribution >= 0.6 is 11.3 Å². The van der Waals surface area contributed by atoms with Crippen LogP contribution < -0.4 is 5.32 Å². The van der Waals surface area contributed by atoms with Gasteiger partial charge in [0.15, 0.2) is 10.8 Å².